The molecule has 1 aromatic heterocycles. The first-order chi connectivity index (χ1) is 6.80. The van der Waals surface area contributed by atoms with Gasteiger partial charge in [-0.15, -0.1) is 0 Å². The zero-order valence-corrected chi connectivity index (χ0v) is 7.08. The fourth-order valence-corrected chi connectivity index (χ4v) is 0.867. The van der Waals surface area contributed by atoms with E-state index in [2.05, 4.69) is 0 Å². The second-order valence-corrected chi connectivity index (χ2v) is 2.56. The fourth-order valence-electron chi connectivity index (χ4n) is 0.867. The quantitative estimate of drug-likeness (QED) is 0.518. The van der Waals surface area contributed by atoms with E-state index in [4.69, 9.17) is 5.21 Å². The number of aromatic nitrogens is 1. The maximum atomic E-state index is 12.2. The number of pyridine rings is 1. The van der Waals surface area contributed by atoms with Gasteiger partial charge < -0.3 is 15.1 Å². The molecule has 0 saturated heterocycles. The summed E-state index contributed by atoms with van der Waals surface area (Å²) in [6, 6.07) is 1.04. The molecule has 0 unspecified atom stereocenters. The van der Waals surface area contributed by atoms with Gasteiger partial charge in [-0.3, -0.25) is 0 Å². The smallest absolute Gasteiger partial charge is 0.416 e. The lowest BCUT2D eigenvalue weighted by molar-refractivity contribution is -0.893. The average Bonchev–Trinajstić information content (AvgIpc) is 2.06. The molecule has 0 fully saturated rings. The van der Waals surface area contributed by atoms with Crippen LogP contribution in [0, 0.1) is 0 Å². The molecule has 1 rings (SSSR count). The van der Waals surface area contributed by atoms with Gasteiger partial charge in [0, 0.05) is 6.07 Å². The number of nitrogens with one attached hydrogen (secondary N) is 1. The van der Waals surface area contributed by atoms with Gasteiger partial charge in [-0.1, -0.05) is 4.73 Å². The molecule has 82 valence electrons. The molecule has 0 aromatic carbocycles. The summed E-state index contributed by atoms with van der Waals surface area (Å²) in [5, 5.41) is 20.5. The average molecular weight is 222 g/mol. The van der Waals surface area contributed by atoms with Crippen LogP contribution in [-0.2, 0) is 6.18 Å². The fraction of sp³-hybridized carbons (Fsp3) is 0.143. The first kappa shape index (κ1) is 11.1. The maximum absolute atomic E-state index is 12.2. The summed E-state index contributed by atoms with van der Waals surface area (Å²) in [6.45, 7) is 0. The number of amides is 1. The van der Waals surface area contributed by atoms with Crippen LogP contribution in [-0.4, -0.2) is 11.3 Å². The highest BCUT2D eigenvalue weighted by atomic mass is 19.4. The summed E-state index contributed by atoms with van der Waals surface area (Å²) in [6.07, 6.45) is -5.78. The third-order valence-corrected chi connectivity index (χ3v) is 1.49. The van der Waals surface area contributed by atoms with Gasteiger partial charge in [0.25, 0.3) is 0 Å². The Hall–Kier alpha value is -1.99. The minimum absolute atomic E-state index is 0.199. The van der Waals surface area contributed by atoms with Crippen molar-refractivity contribution >= 4 is 11.9 Å². The molecule has 0 aliphatic carbocycles. The number of halogens is 3. The van der Waals surface area contributed by atoms with Crippen molar-refractivity contribution in [1.29, 1.82) is 0 Å². The van der Waals surface area contributed by atoms with E-state index in [1.165, 1.54) is 5.32 Å². The molecule has 0 radical (unpaired) electrons. The Kier molecular flexibility index (Phi) is 2.69. The van der Waals surface area contributed by atoms with Gasteiger partial charge in [0.1, 0.15) is 6.20 Å². The van der Waals surface area contributed by atoms with Crippen LogP contribution in [0.4, 0.5) is 23.8 Å². The van der Waals surface area contributed by atoms with Gasteiger partial charge in [0.15, 0.2) is 0 Å². The Morgan fingerprint density at radius 1 is 1.53 bits per heavy atom. The molecule has 1 heterocycles. The normalized spacial score (nSPS) is 11.1. The molecule has 0 saturated carbocycles. The van der Waals surface area contributed by atoms with Gasteiger partial charge in [0.2, 0.25) is 6.09 Å². The number of hydrogen-bond donors (Lipinski definition) is 2. The minimum atomic E-state index is -4.61. The molecule has 0 aliphatic rings. The third-order valence-electron chi connectivity index (χ3n) is 1.49. The number of hydrogen-bond acceptors (Lipinski definition) is 3. The van der Waals surface area contributed by atoms with Crippen molar-refractivity contribution in [3.63, 3.8) is 0 Å². The Labute approximate surface area is 81.3 Å². The minimum Gasteiger partial charge on any atom is -0.511 e. The predicted octanol–water partition coefficient (Wildman–Crippen LogP) is -0.0146. The Bertz CT molecular complexity index is 392. The number of rotatable bonds is 1. The van der Waals surface area contributed by atoms with Crippen LogP contribution in [0.2, 0.25) is 0 Å². The summed E-state index contributed by atoms with van der Waals surface area (Å²) >= 11 is 0. The van der Waals surface area contributed by atoms with Gasteiger partial charge in [-0.25, -0.2) is 5.32 Å². The van der Waals surface area contributed by atoms with Gasteiger partial charge in [-0.05, 0) is 6.07 Å². The van der Waals surface area contributed by atoms with Crippen LogP contribution in [0.3, 0.4) is 0 Å². The summed E-state index contributed by atoms with van der Waals surface area (Å²) < 4.78 is 36.7. The number of alkyl halides is 3. The highest BCUT2D eigenvalue weighted by Crippen LogP contribution is 2.29. The molecule has 5 nitrogen and oxygen atoms in total. The van der Waals surface area contributed by atoms with Crippen molar-refractivity contribution in [2.24, 2.45) is 0 Å². The van der Waals surface area contributed by atoms with Crippen molar-refractivity contribution in [1.82, 2.24) is 0 Å². The first-order valence-electron chi connectivity index (χ1n) is 3.61. The first-order valence-corrected chi connectivity index (χ1v) is 3.61. The molecule has 0 aliphatic heterocycles. The van der Waals surface area contributed by atoms with Gasteiger partial charge >= 0.3 is 12.0 Å². The molecule has 0 spiro atoms. The highest BCUT2D eigenvalue weighted by Gasteiger charge is 2.32. The van der Waals surface area contributed by atoms with Gasteiger partial charge in [0.05, 0.1) is 5.56 Å². The lowest BCUT2D eigenvalue weighted by Gasteiger charge is -2.07. The highest BCUT2D eigenvalue weighted by molar-refractivity contribution is 5.78. The topological polar surface area (TPSA) is 76.3 Å². The molecule has 0 bridgehead atoms. The summed E-state index contributed by atoms with van der Waals surface area (Å²) in [7, 11) is 0. The van der Waals surface area contributed by atoms with Crippen LogP contribution in [0.1, 0.15) is 5.56 Å². The van der Waals surface area contributed by atoms with Crippen molar-refractivity contribution < 1.29 is 33.0 Å². The standard InChI is InChI=1S/C7H5F3N2O3/c8-7(9,10)4-1-2-12(15)5(3-4)11-6(13)14/h1-3,15H,(H,13,14). The second-order valence-electron chi connectivity index (χ2n) is 2.56. The molecule has 2 N–H and O–H groups in total. The summed E-state index contributed by atoms with van der Waals surface area (Å²) in [5.41, 5.74) is -1.09. The number of carbonyl (C=O) groups excluding carboxylic acids is 1. The second kappa shape index (κ2) is 3.64. The molecule has 1 amide bonds. The lowest BCUT2D eigenvalue weighted by atomic mass is 10.2. The van der Waals surface area contributed by atoms with Crippen molar-refractivity contribution in [3.05, 3.63) is 23.9 Å². The molecule has 0 atom stereocenters. The van der Waals surface area contributed by atoms with Crippen molar-refractivity contribution in [2.75, 3.05) is 5.32 Å². The predicted molar refractivity (Wildman–Crippen MR) is 37.8 cm³/mol. The number of carbonyl (C=O) groups is 1. The van der Waals surface area contributed by atoms with E-state index in [0.717, 1.165) is 0 Å². The van der Waals surface area contributed by atoms with Crippen LogP contribution in [0.15, 0.2) is 18.3 Å². The Balaban J connectivity index is 3.11. The Morgan fingerprint density at radius 3 is 2.60 bits per heavy atom. The van der Waals surface area contributed by atoms with Gasteiger partial charge in [-0.2, -0.15) is 13.2 Å². The zero-order valence-electron chi connectivity index (χ0n) is 7.08. The monoisotopic (exact) mass is 222 g/mol. The summed E-state index contributed by atoms with van der Waals surface area (Å²) in [5.74, 6) is -0.648. The maximum Gasteiger partial charge on any atom is 0.416 e. The zero-order chi connectivity index (χ0) is 11.6. The van der Waals surface area contributed by atoms with Crippen LogP contribution >= 0.6 is 0 Å². The SMILES string of the molecule is O=C([O-])Nc1cc(C(F)(F)F)cc[n+]1O. The third kappa shape index (κ3) is 2.73. The van der Waals surface area contributed by atoms with Crippen molar-refractivity contribution in [3.8, 4) is 0 Å². The largest absolute Gasteiger partial charge is 0.511 e. The summed E-state index contributed by atoms with van der Waals surface area (Å²) in [4.78, 5) is 10.1. The molecule has 1 aromatic rings. The number of anilines is 1. The van der Waals surface area contributed by atoms with E-state index in [1.54, 1.807) is 0 Å². The molecule has 15 heavy (non-hydrogen) atoms. The van der Waals surface area contributed by atoms with E-state index in [1.807, 2.05) is 0 Å². The van der Waals surface area contributed by atoms with Crippen LogP contribution < -0.4 is 15.2 Å². The number of carboxylic acid groups (broad SMARTS) is 1. The van der Waals surface area contributed by atoms with E-state index in [0.29, 0.717) is 18.3 Å². The lowest BCUT2D eigenvalue weighted by Crippen LogP contribution is -2.39. The number of nitrogens with zero attached hydrogens (tertiary/aromatic N) is 1. The van der Waals surface area contributed by atoms with Crippen molar-refractivity contribution in [2.45, 2.75) is 6.18 Å². The molecular weight excluding hydrogens is 217 g/mol. The Morgan fingerprint density at radius 2 is 2.13 bits per heavy atom. The van der Waals surface area contributed by atoms with E-state index in [9.17, 15) is 23.1 Å². The van der Waals surface area contributed by atoms with E-state index >= 15 is 0 Å². The molecular formula is C7H5F3N2O3. The van der Waals surface area contributed by atoms with Crippen LogP contribution in [0.5, 0.6) is 0 Å². The van der Waals surface area contributed by atoms with E-state index < -0.39 is 23.7 Å². The molecule has 8 heteroatoms. The van der Waals surface area contributed by atoms with E-state index in [-0.39, 0.29) is 4.73 Å². The van der Waals surface area contributed by atoms with Crippen LogP contribution in [0.25, 0.3) is 0 Å².